The molecule has 1 atom stereocenters. The Kier molecular flexibility index (Phi) is 10.9. The van der Waals surface area contributed by atoms with Crippen LogP contribution in [0, 0.1) is 0 Å². The Morgan fingerprint density at radius 2 is 1.72 bits per heavy atom. The van der Waals surface area contributed by atoms with Gasteiger partial charge in [0.2, 0.25) is 0 Å². The molecule has 4 heteroatoms. The molecule has 0 radical (unpaired) electrons. The van der Waals surface area contributed by atoms with E-state index in [4.69, 9.17) is 11.5 Å². The normalized spacial score (nSPS) is 12.4. The zero-order chi connectivity index (χ0) is 20.9. The third-order valence-electron chi connectivity index (χ3n) is 5.62. The Hall–Kier alpha value is -1.75. The highest BCUT2D eigenvalue weighted by Gasteiger charge is 2.20. The molecule has 0 aliphatic heterocycles. The third-order valence-corrected chi connectivity index (χ3v) is 5.62. The fourth-order valence-electron chi connectivity index (χ4n) is 3.84. The highest BCUT2D eigenvalue weighted by molar-refractivity contribution is 6.05. The minimum Gasteiger partial charge on any atom is -0.330 e. The third kappa shape index (κ3) is 7.54. The molecule has 4 nitrogen and oxygen atoms in total. The summed E-state index contributed by atoms with van der Waals surface area (Å²) >= 11 is 0. The molecule has 2 rings (SSSR count). The SMILES string of the molecule is CCCCCCCCNCc1c(C(=O)[C@@H](N)CCCCN)ccc2ccccc12. The van der Waals surface area contributed by atoms with Crippen LogP contribution in [0.15, 0.2) is 36.4 Å². The van der Waals surface area contributed by atoms with E-state index in [-0.39, 0.29) is 5.78 Å². The van der Waals surface area contributed by atoms with Crippen LogP contribution < -0.4 is 16.8 Å². The second-order valence-electron chi connectivity index (χ2n) is 8.01. The zero-order valence-electron chi connectivity index (χ0n) is 18.1. The highest BCUT2D eigenvalue weighted by atomic mass is 16.1. The van der Waals surface area contributed by atoms with Gasteiger partial charge < -0.3 is 16.8 Å². The molecule has 0 saturated heterocycles. The predicted octanol–water partition coefficient (Wildman–Crippen LogP) is 4.93. The predicted molar refractivity (Wildman–Crippen MR) is 124 cm³/mol. The van der Waals surface area contributed by atoms with Crippen molar-refractivity contribution in [3.05, 3.63) is 47.5 Å². The Morgan fingerprint density at radius 3 is 2.52 bits per heavy atom. The topological polar surface area (TPSA) is 81.1 Å². The molecule has 2 aromatic carbocycles. The van der Waals surface area contributed by atoms with E-state index in [1.165, 1.54) is 38.5 Å². The van der Waals surface area contributed by atoms with Crippen LogP contribution in [0.1, 0.15) is 80.6 Å². The van der Waals surface area contributed by atoms with E-state index in [1.807, 2.05) is 24.3 Å². The number of ketones is 1. The molecule has 0 heterocycles. The van der Waals surface area contributed by atoms with Crippen LogP contribution in [0.5, 0.6) is 0 Å². The van der Waals surface area contributed by atoms with Gasteiger partial charge in [-0.25, -0.2) is 0 Å². The van der Waals surface area contributed by atoms with Crippen molar-refractivity contribution in [2.75, 3.05) is 13.1 Å². The van der Waals surface area contributed by atoms with Crippen molar-refractivity contribution in [1.82, 2.24) is 5.32 Å². The van der Waals surface area contributed by atoms with Crippen molar-refractivity contribution in [2.45, 2.75) is 77.3 Å². The Labute approximate surface area is 176 Å². The number of unbranched alkanes of at least 4 members (excludes halogenated alkanes) is 6. The zero-order valence-corrected chi connectivity index (χ0v) is 18.1. The largest absolute Gasteiger partial charge is 0.330 e. The van der Waals surface area contributed by atoms with Crippen LogP contribution in [0.4, 0.5) is 0 Å². The smallest absolute Gasteiger partial charge is 0.179 e. The fourth-order valence-corrected chi connectivity index (χ4v) is 3.84. The lowest BCUT2D eigenvalue weighted by molar-refractivity contribution is 0.0955. The maximum atomic E-state index is 13.1. The van der Waals surface area contributed by atoms with Gasteiger partial charge in [-0.3, -0.25) is 4.79 Å². The van der Waals surface area contributed by atoms with E-state index in [0.29, 0.717) is 19.5 Å². The maximum Gasteiger partial charge on any atom is 0.179 e. The van der Waals surface area contributed by atoms with Gasteiger partial charge in [0.25, 0.3) is 0 Å². The molecule has 5 N–H and O–H groups in total. The summed E-state index contributed by atoms with van der Waals surface area (Å²) in [5.74, 6) is 0.0455. The second kappa shape index (κ2) is 13.5. The molecule has 0 unspecified atom stereocenters. The average molecular weight is 398 g/mol. The van der Waals surface area contributed by atoms with Crippen LogP contribution in [-0.4, -0.2) is 24.9 Å². The number of carbonyl (C=O) groups excluding carboxylic acids is 1. The van der Waals surface area contributed by atoms with E-state index >= 15 is 0 Å². The van der Waals surface area contributed by atoms with Gasteiger partial charge >= 0.3 is 0 Å². The van der Waals surface area contributed by atoms with Crippen molar-refractivity contribution in [3.63, 3.8) is 0 Å². The number of rotatable bonds is 15. The minimum atomic E-state index is -0.458. The molecule has 0 aliphatic rings. The quantitative estimate of drug-likeness (QED) is 0.294. The van der Waals surface area contributed by atoms with Gasteiger partial charge in [-0.1, -0.05) is 81.8 Å². The highest BCUT2D eigenvalue weighted by Crippen LogP contribution is 2.24. The summed E-state index contributed by atoms with van der Waals surface area (Å²) in [5, 5.41) is 5.87. The number of benzene rings is 2. The molecular formula is C25H39N3O. The van der Waals surface area contributed by atoms with Gasteiger partial charge in [-0.05, 0) is 48.7 Å². The van der Waals surface area contributed by atoms with E-state index in [2.05, 4.69) is 24.4 Å². The average Bonchev–Trinajstić information content (AvgIpc) is 2.75. The van der Waals surface area contributed by atoms with Gasteiger partial charge in [-0.15, -0.1) is 0 Å². The molecular weight excluding hydrogens is 358 g/mol. The summed E-state index contributed by atoms with van der Waals surface area (Å²) in [6.07, 6.45) is 10.2. The Morgan fingerprint density at radius 1 is 0.966 bits per heavy atom. The summed E-state index contributed by atoms with van der Waals surface area (Å²) in [6.45, 7) is 4.57. The van der Waals surface area contributed by atoms with Gasteiger partial charge in [0.1, 0.15) is 0 Å². The standard InChI is InChI=1S/C25H39N3O/c1-2-3-4-5-6-11-18-28-19-23-21-13-8-7-12-20(21)15-16-22(23)25(29)24(27)14-9-10-17-26/h7-8,12-13,15-16,24,28H,2-6,9-11,14,17-19,26-27H2,1H3/t24-/m0/s1. The van der Waals surface area contributed by atoms with E-state index in [1.54, 1.807) is 0 Å². The lowest BCUT2D eigenvalue weighted by Crippen LogP contribution is -2.32. The number of nitrogens with two attached hydrogens (primary N) is 2. The molecule has 0 spiro atoms. The first-order chi connectivity index (χ1) is 14.2. The van der Waals surface area contributed by atoms with Crippen LogP contribution in [0.2, 0.25) is 0 Å². The number of hydrogen-bond donors (Lipinski definition) is 3. The van der Waals surface area contributed by atoms with E-state index < -0.39 is 6.04 Å². The van der Waals surface area contributed by atoms with Crippen LogP contribution in [-0.2, 0) is 6.54 Å². The van der Waals surface area contributed by atoms with Crippen molar-refractivity contribution in [2.24, 2.45) is 11.5 Å². The first kappa shape index (κ1) is 23.5. The molecule has 0 aromatic heterocycles. The number of carbonyl (C=O) groups is 1. The fraction of sp³-hybridized carbons (Fsp3) is 0.560. The molecule has 0 aliphatic carbocycles. The second-order valence-corrected chi connectivity index (χ2v) is 8.01. The van der Waals surface area contributed by atoms with Crippen molar-refractivity contribution >= 4 is 16.6 Å². The molecule has 0 amide bonds. The molecule has 29 heavy (non-hydrogen) atoms. The summed E-state index contributed by atoms with van der Waals surface area (Å²) in [4.78, 5) is 13.1. The monoisotopic (exact) mass is 397 g/mol. The van der Waals surface area contributed by atoms with Gasteiger partial charge in [0.15, 0.2) is 5.78 Å². The molecule has 0 fully saturated rings. The van der Waals surface area contributed by atoms with Crippen molar-refractivity contribution in [3.8, 4) is 0 Å². The Balaban J connectivity index is 2.04. The summed E-state index contributed by atoms with van der Waals surface area (Å²) in [5.41, 5.74) is 13.6. The lowest BCUT2D eigenvalue weighted by atomic mass is 9.92. The number of Topliss-reactive ketones (excluding diaryl/α,β-unsaturated/α-hetero) is 1. The van der Waals surface area contributed by atoms with Crippen LogP contribution in [0.25, 0.3) is 10.8 Å². The maximum absolute atomic E-state index is 13.1. The molecule has 2 aromatic rings. The molecule has 0 saturated carbocycles. The van der Waals surface area contributed by atoms with Crippen LogP contribution in [0.3, 0.4) is 0 Å². The van der Waals surface area contributed by atoms with Crippen LogP contribution >= 0.6 is 0 Å². The van der Waals surface area contributed by atoms with Crippen molar-refractivity contribution < 1.29 is 4.79 Å². The first-order valence-electron chi connectivity index (χ1n) is 11.4. The van der Waals surface area contributed by atoms with E-state index in [9.17, 15) is 4.79 Å². The van der Waals surface area contributed by atoms with Gasteiger partial charge in [0, 0.05) is 12.1 Å². The number of fused-ring (bicyclic) bond motifs is 1. The molecule has 0 bridgehead atoms. The van der Waals surface area contributed by atoms with Crippen molar-refractivity contribution in [1.29, 1.82) is 0 Å². The van der Waals surface area contributed by atoms with E-state index in [0.717, 1.165) is 41.3 Å². The lowest BCUT2D eigenvalue weighted by Gasteiger charge is -2.17. The van der Waals surface area contributed by atoms with Gasteiger partial charge in [-0.2, -0.15) is 0 Å². The summed E-state index contributed by atoms with van der Waals surface area (Å²) in [6, 6.07) is 11.8. The minimum absolute atomic E-state index is 0.0455. The Bertz CT molecular complexity index is 744. The van der Waals surface area contributed by atoms with Gasteiger partial charge in [0.05, 0.1) is 6.04 Å². The summed E-state index contributed by atoms with van der Waals surface area (Å²) in [7, 11) is 0. The first-order valence-corrected chi connectivity index (χ1v) is 11.4. The number of hydrogen-bond acceptors (Lipinski definition) is 4. The number of nitrogens with one attached hydrogen (secondary N) is 1. The summed E-state index contributed by atoms with van der Waals surface area (Å²) < 4.78 is 0. The molecule has 160 valence electrons.